The lowest BCUT2D eigenvalue weighted by Gasteiger charge is -2.38. The highest BCUT2D eigenvalue weighted by atomic mass is 19.2. The molecule has 6 rings (SSSR count). The maximum atomic E-state index is 15.0. The molecule has 2 aliphatic rings. The molecule has 47 heavy (non-hydrogen) atoms. The smallest absolute Gasteiger partial charge is 0.254 e. The van der Waals surface area contributed by atoms with E-state index >= 15 is 0 Å². The van der Waals surface area contributed by atoms with Crippen molar-refractivity contribution in [2.45, 2.75) is 25.8 Å². The van der Waals surface area contributed by atoms with Gasteiger partial charge in [0.25, 0.3) is 5.91 Å². The molecule has 2 aromatic heterocycles. The van der Waals surface area contributed by atoms with Gasteiger partial charge in [0.2, 0.25) is 11.7 Å². The molecule has 12 nitrogen and oxygen atoms in total. The van der Waals surface area contributed by atoms with Crippen LogP contribution in [0.4, 0.5) is 20.3 Å². The number of piperidine rings is 1. The molecule has 4 heterocycles. The highest BCUT2D eigenvalue weighted by molar-refractivity contribution is 5.96. The number of benzene rings is 2. The van der Waals surface area contributed by atoms with Crippen LogP contribution in [0.5, 0.6) is 5.75 Å². The molecule has 2 amide bonds. The molecule has 0 bridgehead atoms. The molecule has 14 heteroatoms. The van der Waals surface area contributed by atoms with Crippen molar-refractivity contribution in [2.24, 2.45) is 5.92 Å². The van der Waals surface area contributed by atoms with Crippen molar-refractivity contribution in [3.63, 3.8) is 0 Å². The van der Waals surface area contributed by atoms with Crippen LogP contribution in [0.25, 0.3) is 16.9 Å². The van der Waals surface area contributed by atoms with Crippen LogP contribution < -0.4 is 15.4 Å². The average Bonchev–Trinajstić information content (AvgIpc) is 3.53. The van der Waals surface area contributed by atoms with E-state index < -0.39 is 18.2 Å². The third-order valence-electron chi connectivity index (χ3n) is 8.68. The number of halogens is 2. The number of aliphatic hydroxyl groups is 1. The van der Waals surface area contributed by atoms with Crippen molar-refractivity contribution in [3.8, 4) is 23.1 Å². The average molecular weight is 645 g/mol. The Bertz CT molecular complexity index is 1850. The third-order valence-corrected chi connectivity index (χ3v) is 8.68. The van der Waals surface area contributed by atoms with Crippen LogP contribution in [0.3, 0.4) is 0 Å². The van der Waals surface area contributed by atoms with Crippen molar-refractivity contribution >= 4 is 29.0 Å². The minimum absolute atomic E-state index is 0.0118. The summed E-state index contributed by atoms with van der Waals surface area (Å²) in [5.74, 6) is -2.46. The van der Waals surface area contributed by atoms with Crippen molar-refractivity contribution in [1.29, 1.82) is 5.26 Å². The second-order valence-electron chi connectivity index (χ2n) is 11.6. The van der Waals surface area contributed by atoms with Crippen LogP contribution in [-0.2, 0) is 4.79 Å². The number of ether oxygens (including phenoxy) is 1. The van der Waals surface area contributed by atoms with Gasteiger partial charge in [-0.05, 0) is 55.7 Å². The number of hydrogen-bond acceptors (Lipinski definition) is 9. The van der Waals surface area contributed by atoms with Gasteiger partial charge in [0, 0.05) is 73.9 Å². The molecule has 0 spiro atoms. The number of likely N-dealkylation sites (tertiary alicyclic amines) is 1. The lowest BCUT2D eigenvalue weighted by atomic mass is 9.94. The molecule has 0 unspecified atom stereocenters. The molecule has 2 aromatic carbocycles. The zero-order valence-corrected chi connectivity index (χ0v) is 25.7. The Hall–Kier alpha value is -5.13. The molecule has 2 aliphatic heterocycles. The molecule has 1 atom stereocenters. The first-order valence-electron chi connectivity index (χ1n) is 15.4. The number of nitrogens with one attached hydrogen (secondary N) is 2. The van der Waals surface area contributed by atoms with Crippen LogP contribution in [0, 0.1) is 35.8 Å². The molecule has 4 aromatic rings. The van der Waals surface area contributed by atoms with E-state index in [-0.39, 0.29) is 41.7 Å². The van der Waals surface area contributed by atoms with E-state index in [9.17, 15) is 23.5 Å². The number of rotatable bonds is 8. The lowest BCUT2D eigenvalue weighted by Crippen LogP contribution is -2.56. The van der Waals surface area contributed by atoms with E-state index in [1.807, 2.05) is 17.9 Å². The first-order chi connectivity index (χ1) is 22.8. The second-order valence-corrected chi connectivity index (χ2v) is 11.6. The molecule has 0 saturated carbocycles. The summed E-state index contributed by atoms with van der Waals surface area (Å²) in [5, 5.41) is 24.5. The number of carbonyl (C=O) groups excluding carboxylic acids is 2. The summed E-state index contributed by atoms with van der Waals surface area (Å²) >= 11 is 0. The number of amides is 2. The summed E-state index contributed by atoms with van der Waals surface area (Å²) in [6, 6.07) is 9.59. The van der Waals surface area contributed by atoms with E-state index in [0.717, 1.165) is 5.56 Å². The van der Waals surface area contributed by atoms with Crippen LogP contribution in [0.1, 0.15) is 28.8 Å². The number of nitrogens with zero attached hydrogens (tertiary/aromatic N) is 6. The maximum absolute atomic E-state index is 15.0. The number of fused-ring (bicyclic) bond motifs is 1. The molecule has 2 saturated heterocycles. The molecule has 2 fully saturated rings. The second kappa shape index (κ2) is 13.7. The summed E-state index contributed by atoms with van der Waals surface area (Å²) in [6.07, 6.45) is 5.68. The van der Waals surface area contributed by atoms with Crippen LogP contribution in [-0.4, -0.2) is 93.1 Å². The predicted molar refractivity (Wildman–Crippen MR) is 168 cm³/mol. The summed E-state index contributed by atoms with van der Waals surface area (Å²) < 4.78 is 36.2. The maximum Gasteiger partial charge on any atom is 0.254 e. The number of imidazole rings is 1. The summed E-state index contributed by atoms with van der Waals surface area (Å²) in [6.45, 7) is 4.16. The van der Waals surface area contributed by atoms with E-state index in [1.165, 1.54) is 24.5 Å². The predicted octanol–water partition coefficient (Wildman–Crippen LogP) is 3.27. The molecular weight excluding hydrogens is 610 g/mol. The van der Waals surface area contributed by atoms with Gasteiger partial charge in [-0.25, -0.2) is 14.4 Å². The van der Waals surface area contributed by atoms with Gasteiger partial charge in [0.05, 0.1) is 18.5 Å². The minimum atomic E-state index is -1.20. The highest BCUT2D eigenvalue weighted by Crippen LogP contribution is 2.32. The van der Waals surface area contributed by atoms with Gasteiger partial charge in [0.1, 0.15) is 6.07 Å². The standard InChI is InChI=1S/C33H34F2N8O4/c1-20-16-22(2-3-24(20)33(46)41-11-6-21(7-12-41)32(45)42-13-9-37-23(18-42)19-44)40-30-31-39-17-26(43(31)14-10-38-30)25-4-5-27(47-15-8-36)29(35)28(25)34/h2-5,10,14,16-17,21,23,37,44H,6-7,9,11-13,15,18-19H2,1H3,(H,38,40)/t23-/m1/s1. The third kappa shape index (κ3) is 6.45. The Morgan fingerprint density at radius 1 is 1.13 bits per heavy atom. The summed E-state index contributed by atoms with van der Waals surface area (Å²) in [4.78, 5) is 38.9. The van der Waals surface area contributed by atoms with Gasteiger partial charge in [-0.2, -0.15) is 9.65 Å². The van der Waals surface area contributed by atoms with E-state index in [1.54, 1.807) is 33.7 Å². The van der Waals surface area contributed by atoms with Crippen LogP contribution in [0.15, 0.2) is 48.9 Å². The monoisotopic (exact) mass is 644 g/mol. The Morgan fingerprint density at radius 3 is 2.68 bits per heavy atom. The van der Waals surface area contributed by atoms with E-state index in [0.29, 0.717) is 74.0 Å². The fourth-order valence-corrected chi connectivity index (χ4v) is 6.18. The van der Waals surface area contributed by atoms with E-state index in [2.05, 4.69) is 20.6 Å². The van der Waals surface area contributed by atoms with Gasteiger partial charge in [0.15, 0.2) is 29.6 Å². The van der Waals surface area contributed by atoms with Gasteiger partial charge in [-0.15, -0.1) is 0 Å². The number of aliphatic hydroxyl groups excluding tert-OH is 1. The molecule has 0 radical (unpaired) electrons. The van der Waals surface area contributed by atoms with Gasteiger partial charge in [-0.3, -0.25) is 14.0 Å². The number of aryl methyl sites for hydroxylation is 1. The fraction of sp³-hybridized carbons (Fsp3) is 0.364. The zero-order chi connectivity index (χ0) is 33.1. The summed E-state index contributed by atoms with van der Waals surface area (Å²) in [5.41, 5.74) is 2.58. The Kier molecular flexibility index (Phi) is 9.28. The number of aromatic nitrogens is 3. The van der Waals surface area contributed by atoms with Gasteiger partial charge < -0.3 is 30.3 Å². The first-order valence-corrected chi connectivity index (χ1v) is 15.4. The SMILES string of the molecule is Cc1cc(Nc2nccn3c(-c4ccc(OCC#N)c(F)c4F)cnc23)ccc1C(=O)N1CCC(C(=O)N2CCN[C@@H](CO)C2)CC1. The quantitative estimate of drug-likeness (QED) is 0.263. The zero-order valence-electron chi connectivity index (χ0n) is 25.7. The number of piperazine rings is 1. The van der Waals surface area contributed by atoms with Crippen LogP contribution in [0.2, 0.25) is 0 Å². The molecule has 3 N–H and O–H groups in total. The molecule has 244 valence electrons. The number of nitriles is 1. The largest absolute Gasteiger partial charge is 0.476 e. The Labute approximate surface area is 269 Å². The Morgan fingerprint density at radius 2 is 1.94 bits per heavy atom. The number of carbonyl (C=O) groups is 2. The molecular formula is C33H34F2N8O4. The summed E-state index contributed by atoms with van der Waals surface area (Å²) in [7, 11) is 0. The van der Waals surface area contributed by atoms with Gasteiger partial charge >= 0.3 is 0 Å². The molecule has 0 aliphatic carbocycles. The van der Waals surface area contributed by atoms with E-state index in [4.69, 9.17) is 10.00 Å². The minimum Gasteiger partial charge on any atom is -0.476 e. The van der Waals surface area contributed by atoms with Gasteiger partial charge in [-0.1, -0.05) is 0 Å². The van der Waals surface area contributed by atoms with Crippen molar-refractivity contribution in [3.05, 3.63) is 71.7 Å². The Balaban J connectivity index is 1.13. The van der Waals surface area contributed by atoms with Crippen LogP contribution >= 0.6 is 0 Å². The lowest BCUT2D eigenvalue weighted by molar-refractivity contribution is -0.138. The fourth-order valence-electron chi connectivity index (χ4n) is 6.18. The number of anilines is 2. The highest BCUT2D eigenvalue weighted by Gasteiger charge is 2.33. The topological polar surface area (TPSA) is 148 Å². The van der Waals surface area contributed by atoms with Crippen molar-refractivity contribution in [1.82, 2.24) is 29.5 Å². The van der Waals surface area contributed by atoms with Crippen molar-refractivity contribution < 1.29 is 28.2 Å². The van der Waals surface area contributed by atoms with Crippen molar-refractivity contribution in [2.75, 3.05) is 51.3 Å². The first kappa shape index (κ1) is 31.8. The normalized spacial score (nSPS) is 17.0. The number of hydrogen-bond donors (Lipinski definition) is 3.